The van der Waals surface area contributed by atoms with Crippen LogP contribution >= 0.6 is 0 Å². The summed E-state index contributed by atoms with van der Waals surface area (Å²) in [5.74, 6) is 2.74. The van der Waals surface area contributed by atoms with Crippen molar-refractivity contribution < 1.29 is 9.59 Å². The molecular formula is C23H34N2O2. The molecule has 2 N–H and O–H groups in total. The van der Waals surface area contributed by atoms with Crippen LogP contribution in [-0.2, 0) is 9.59 Å². The Morgan fingerprint density at radius 1 is 0.815 bits per heavy atom. The van der Waals surface area contributed by atoms with Gasteiger partial charge in [0.25, 0.3) is 0 Å². The van der Waals surface area contributed by atoms with Gasteiger partial charge in [-0.1, -0.05) is 27.7 Å². The molecular weight excluding hydrogens is 336 g/mol. The lowest BCUT2D eigenvalue weighted by Gasteiger charge is -2.16. The van der Waals surface area contributed by atoms with E-state index >= 15 is 0 Å². The summed E-state index contributed by atoms with van der Waals surface area (Å²) in [4.78, 5) is 24.5. The minimum absolute atomic E-state index is 0.305. The number of Topliss-reactive ketones (excluding diaryl/α,β-unsaturated/α-hetero) is 2. The second kappa shape index (κ2) is 5.96. The molecule has 0 spiro atoms. The van der Waals surface area contributed by atoms with Gasteiger partial charge in [-0.25, -0.2) is 0 Å². The predicted molar refractivity (Wildman–Crippen MR) is 107 cm³/mol. The van der Waals surface area contributed by atoms with E-state index in [1.54, 1.807) is 0 Å². The van der Waals surface area contributed by atoms with E-state index < -0.39 is 0 Å². The van der Waals surface area contributed by atoms with Crippen molar-refractivity contribution in [1.82, 2.24) is 10.6 Å². The Hall–Kier alpha value is -1.58. The van der Waals surface area contributed by atoms with Crippen molar-refractivity contribution in [2.45, 2.75) is 60.8 Å². The van der Waals surface area contributed by atoms with Crippen molar-refractivity contribution in [3.8, 4) is 0 Å². The largest absolute Gasteiger partial charge is 0.388 e. The van der Waals surface area contributed by atoms with Gasteiger partial charge in [-0.3, -0.25) is 9.59 Å². The molecule has 0 aromatic rings. The molecule has 0 radical (unpaired) electrons. The smallest absolute Gasteiger partial charge is 0.161 e. The van der Waals surface area contributed by atoms with E-state index in [-0.39, 0.29) is 0 Å². The van der Waals surface area contributed by atoms with Gasteiger partial charge in [0.1, 0.15) is 0 Å². The third-order valence-corrected chi connectivity index (χ3v) is 8.08. The molecule has 0 aromatic heterocycles. The summed E-state index contributed by atoms with van der Waals surface area (Å²) < 4.78 is 0. The number of rotatable bonds is 6. The molecule has 4 atom stereocenters. The maximum absolute atomic E-state index is 12.2. The first-order valence-corrected chi connectivity index (χ1v) is 10.5. The Kier molecular flexibility index (Phi) is 4.14. The number of carbonyl (C=O) groups excluding carboxylic acids is 2. The van der Waals surface area contributed by atoms with E-state index in [0.29, 0.717) is 46.1 Å². The minimum Gasteiger partial charge on any atom is -0.388 e. The standard InChI is InChI=1S/C23H34N2O2/c1-12(18-16(26)10-14-20(18)22(14,3)4)24-8-7-9-25-13(2)19-17(27)11-15-21(19)23(15,5)6/h14-15,20-21,24-25H,7-11H2,1-6H3/t14-,15-,20-,21-/m1/s1. The molecule has 4 heteroatoms. The molecule has 4 saturated carbocycles. The Morgan fingerprint density at radius 3 is 1.52 bits per heavy atom. The number of allylic oxidation sites excluding steroid dienone is 4. The van der Waals surface area contributed by atoms with Gasteiger partial charge in [-0.15, -0.1) is 0 Å². The van der Waals surface area contributed by atoms with E-state index in [1.807, 2.05) is 0 Å². The van der Waals surface area contributed by atoms with Gasteiger partial charge in [0.2, 0.25) is 0 Å². The SMILES string of the molecule is CC(NCCCNC(C)=C1C(=O)C[C@@H]2[C@H]1C2(C)C)=C1C(=O)C[C@@H]2[C@H]1C2(C)C. The average molecular weight is 371 g/mol. The molecule has 4 nitrogen and oxygen atoms in total. The molecule has 0 aromatic carbocycles. The van der Waals surface area contributed by atoms with Crippen molar-refractivity contribution in [3.05, 3.63) is 22.5 Å². The second-order valence-electron chi connectivity index (χ2n) is 10.4. The fourth-order valence-corrected chi connectivity index (χ4v) is 6.08. The molecule has 0 heterocycles. The Balaban J connectivity index is 1.27. The van der Waals surface area contributed by atoms with Crippen LogP contribution < -0.4 is 10.6 Å². The summed E-state index contributed by atoms with van der Waals surface area (Å²) in [6.45, 7) is 14.9. The molecule has 148 valence electrons. The van der Waals surface area contributed by atoms with Crippen molar-refractivity contribution >= 4 is 11.6 Å². The van der Waals surface area contributed by atoms with Gasteiger partial charge in [-0.05, 0) is 54.8 Å². The maximum atomic E-state index is 12.2. The summed E-state index contributed by atoms with van der Waals surface area (Å²) in [6.07, 6.45) is 2.42. The van der Waals surface area contributed by atoms with Gasteiger partial charge in [-0.2, -0.15) is 0 Å². The lowest BCUT2D eigenvalue weighted by molar-refractivity contribution is -0.116. The first-order valence-electron chi connectivity index (χ1n) is 10.5. The van der Waals surface area contributed by atoms with Crippen LogP contribution in [0.15, 0.2) is 22.5 Å². The lowest BCUT2D eigenvalue weighted by Crippen LogP contribution is -2.24. The number of hydrogen-bond donors (Lipinski definition) is 2. The highest BCUT2D eigenvalue weighted by Gasteiger charge is 2.66. The molecule has 0 bridgehead atoms. The Morgan fingerprint density at radius 2 is 1.19 bits per heavy atom. The number of nitrogens with one attached hydrogen (secondary N) is 2. The zero-order valence-electron chi connectivity index (χ0n) is 17.7. The van der Waals surface area contributed by atoms with Crippen LogP contribution in [0.25, 0.3) is 0 Å². The van der Waals surface area contributed by atoms with E-state index in [0.717, 1.165) is 54.9 Å². The van der Waals surface area contributed by atoms with Crippen molar-refractivity contribution in [1.29, 1.82) is 0 Å². The van der Waals surface area contributed by atoms with Crippen molar-refractivity contribution in [2.75, 3.05) is 13.1 Å². The number of carbonyl (C=O) groups is 2. The summed E-state index contributed by atoms with van der Waals surface area (Å²) >= 11 is 0. The Labute approximate surface area is 163 Å². The first kappa shape index (κ1) is 18.8. The Bertz CT molecular complexity index is 707. The summed E-state index contributed by atoms with van der Waals surface area (Å²) in [5, 5.41) is 6.94. The predicted octanol–water partition coefficient (Wildman–Crippen LogP) is 3.59. The van der Waals surface area contributed by atoms with Crippen molar-refractivity contribution in [2.24, 2.45) is 34.5 Å². The highest BCUT2D eigenvalue weighted by Crippen LogP contribution is 2.68. The van der Waals surface area contributed by atoms with E-state index in [2.05, 4.69) is 52.2 Å². The second-order valence-corrected chi connectivity index (χ2v) is 10.4. The van der Waals surface area contributed by atoms with Crippen molar-refractivity contribution in [3.63, 3.8) is 0 Å². The molecule has 4 rings (SSSR count). The maximum Gasteiger partial charge on any atom is 0.161 e. The summed E-state index contributed by atoms with van der Waals surface area (Å²) in [6, 6.07) is 0. The minimum atomic E-state index is 0.305. The fourth-order valence-electron chi connectivity index (χ4n) is 6.08. The van der Waals surface area contributed by atoms with Gasteiger partial charge >= 0.3 is 0 Å². The van der Waals surface area contributed by atoms with Crippen LogP contribution in [0.5, 0.6) is 0 Å². The monoisotopic (exact) mass is 370 g/mol. The topological polar surface area (TPSA) is 58.2 Å². The summed E-state index contributed by atoms with van der Waals surface area (Å²) in [7, 11) is 0. The van der Waals surface area contributed by atoms with Gasteiger partial charge < -0.3 is 10.6 Å². The zero-order valence-corrected chi connectivity index (χ0v) is 17.7. The van der Waals surface area contributed by atoms with E-state index in [1.165, 1.54) is 0 Å². The number of hydrogen-bond acceptors (Lipinski definition) is 4. The van der Waals surface area contributed by atoms with Crippen LogP contribution in [0.2, 0.25) is 0 Å². The van der Waals surface area contributed by atoms with Crippen LogP contribution in [-0.4, -0.2) is 24.7 Å². The van der Waals surface area contributed by atoms with Gasteiger partial charge in [0.15, 0.2) is 11.6 Å². The molecule has 0 amide bonds. The molecule has 4 aliphatic rings. The first-order chi connectivity index (χ1) is 12.6. The van der Waals surface area contributed by atoms with E-state index in [4.69, 9.17) is 0 Å². The third-order valence-electron chi connectivity index (χ3n) is 8.08. The highest BCUT2D eigenvalue weighted by atomic mass is 16.1. The molecule has 0 aliphatic heterocycles. The summed E-state index contributed by atoms with van der Waals surface area (Å²) in [5.41, 5.74) is 4.85. The third kappa shape index (κ3) is 2.78. The zero-order chi connectivity index (χ0) is 19.7. The normalized spacial score (nSPS) is 38.3. The van der Waals surface area contributed by atoms with Gasteiger partial charge in [0, 0.05) is 48.5 Å². The van der Waals surface area contributed by atoms with Gasteiger partial charge in [0.05, 0.1) is 0 Å². The van der Waals surface area contributed by atoms with Crippen LogP contribution in [0.1, 0.15) is 60.8 Å². The fraction of sp³-hybridized carbons (Fsp3) is 0.739. The molecule has 0 saturated heterocycles. The van der Waals surface area contributed by atoms with Crippen LogP contribution in [0.4, 0.5) is 0 Å². The average Bonchev–Trinajstić information content (AvgIpc) is 3.08. The molecule has 27 heavy (non-hydrogen) atoms. The van der Waals surface area contributed by atoms with Crippen LogP contribution in [0, 0.1) is 34.5 Å². The number of ketones is 2. The molecule has 4 fully saturated rings. The quantitative estimate of drug-likeness (QED) is 0.554. The van der Waals surface area contributed by atoms with Crippen LogP contribution in [0.3, 0.4) is 0 Å². The highest BCUT2D eigenvalue weighted by molar-refractivity contribution is 6.01. The number of fused-ring (bicyclic) bond motifs is 2. The lowest BCUT2D eigenvalue weighted by atomic mass is 9.95. The van der Waals surface area contributed by atoms with E-state index in [9.17, 15) is 9.59 Å². The molecule has 4 aliphatic carbocycles. The molecule has 0 unspecified atom stereocenters.